The summed E-state index contributed by atoms with van der Waals surface area (Å²) in [7, 11) is 0. The summed E-state index contributed by atoms with van der Waals surface area (Å²) in [5, 5.41) is 17.3. The van der Waals surface area contributed by atoms with E-state index < -0.39 is 0 Å². The van der Waals surface area contributed by atoms with Gasteiger partial charge in [-0.1, -0.05) is 50.0 Å². The molecule has 6 heteroatoms. The van der Waals surface area contributed by atoms with Crippen LogP contribution in [0.3, 0.4) is 0 Å². The second-order valence-corrected chi connectivity index (χ2v) is 7.10. The van der Waals surface area contributed by atoms with Crippen molar-refractivity contribution in [3.8, 4) is 6.07 Å². The van der Waals surface area contributed by atoms with Crippen LogP contribution in [0.4, 0.5) is 0 Å². The van der Waals surface area contributed by atoms with E-state index in [-0.39, 0.29) is 11.5 Å². The zero-order chi connectivity index (χ0) is 15.8. The lowest BCUT2D eigenvalue weighted by Gasteiger charge is -2.35. The Kier molecular flexibility index (Phi) is 4.48. The summed E-state index contributed by atoms with van der Waals surface area (Å²) < 4.78 is 0. The van der Waals surface area contributed by atoms with Crippen LogP contribution in [0, 0.1) is 16.7 Å². The Hall–Kier alpha value is -1.28. The van der Waals surface area contributed by atoms with E-state index in [0.29, 0.717) is 20.7 Å². The van der Waals surface area contributed by atoms with Crippen LogP contribution in [-0.2, 0) is 0 Å². The topological polar surface area (TPSA) is 47.9 Å². The fourth-order valence-electron chi connectivity index (χ4n) is 2.25. The average molecular weight is 340 g/mol. The lowest BCUT2D eigenvalue weighted by molar-refractivity contribution is 0.462. The second kappa shape index (κ2) is 5.84. The fraction of sp³-hybridized carbons (Fsp3) is 0.333. The Balaban J connectivity index is 2.61. The standard InChI is InChI=1S/C15H15Cl2N3S/c1-15(2,3)13-10(7-18)12(19-14(21)20-13)9-5-4-8(16)6-11(9)17/h4-6,12H,1-3H3,(H2,19,20,21)/t12-/m1/s1. The lowest BCUT2D eigenvalue weighted by Crippen LogP contribution is -2.46. The van der Waals surface area contributed by atoms with Crippen molar-refractivity contribution >= 4 is 40.5 Å². The van der Waals surface area contributed by atoms with Crippen molar-refractivity contribution in [3.63, 3.8) is 0 Å². The number of rotatable bonds is 1. The second-order valence-electron chi connectivity index (χ2n) is 5.85. The van der Waals surface area contributed by atoms with Crippen LogP contribution in [0.25, 0.3) is 0 Å². The molecule has 0 radical (unpaired) electrons. The molecule has 2 rings (SSSR count). The Morgan fingerprint density at radius 1 is 1.29 bits per heavy atom. The number of benzene rings is 1. The quantitative estimate of drug-likeness (QED) is 0.747. The summed E-state index contributed by atoms with van der Waals surface area (Å²) >= 11 is 17.5. The van der Waals surface area contributed by atoms with Gasteiger partial charge in [0.05, 0.1) is 17.7 Å². The maximum Gasteiger partial charge on any atom is 0.171 e. The van der Waals surface area contributed by atoms with Gasteiger partial charge in [-0.2, -0.15) is 5.26 Å². The van der Waals surface area contributed by atoms with Crippen LogP contribution in [0.5, 0.6) is 0 Å². The number of halogens is 2. The minimum absolute atomic E-state index is 0.228. The predicted molar refractivity (Wildman–Crippen MR) is 90.2 cm³/mol. The van der Waals surface area contributed by atoms with E-state index in [1.54, 1.807) is 12.1 Å². The van der Waals surface area contributed by atoms with Crippen molar-refractivity contribution in [2.45, 2.75) is 26.8 Å². The third-order valence-electron chi connectivity index (χ3n) is 3.22. The minimum atomic E-state index is -0.372. The highest BCUT2D eigenvalue weighted by atomic mass is 35.5. The van der Waals surface area contributed by atoms with E-state index in [4.69, 9.17) is 35.4 Å². The van der Waals surface area contributed by atoms with E-state index in [0.717, 1.165) is 11.3 Å². The molecule has 0 unspecified atom stereocenters. The molecule has 1 heterocycles. The molecule has 1 aliphatic heterocycles. The maximum atomic E-state index is 9.59. The third-order valence-corrected chi connectivity index (χ3v) is 4.00. The van der Waals surface area contributed by atoms with Gasteiger partial charge in [-0.15, -0.1) is 0 Å². The Bertz CT molecular complexity index is 668. The van der Waals surface area contributed by atoms with E-state index in [2.05, 4.69) is 16.7 Å². The first kappa shape index (κ1) is 16.1. The molecule has 21 heavy (non-hydrogen) atoms. The summed E-state index contributed by atoms with van der Waals surface area (Å²) in [5.74, 6) is 0. The number of nitrogens with zero attached hydrogens (tertiary/aromatic N) is 1. The smallest absolute Gasteiger partial charge is 0.171 e. The Morgan fingerprint density at radius 3 is 2.48 bits per heavy atom. The first-order valence-electron chi connectivity index (χ1n) is 6.41. The summed E-state index contributed by atoms with van der Waals surface area (Å²) in [6, 6.07) is 7.13. The zero-order valence-electron chi connectivity index (χ0n) is 11.9. The molecule has 0 aliphatic carbocycles. The summed E-state index contributed by atoms with van der Waals surface area (Å²) in [4.78, 5) is 0. The van der Waals surface area contributed by atoms with Gasteiger partial charge >= 0.3 is 0 Å². The molecule has 2 N–H and O–H groups in total. The highest BCUT2D eigenvalue weighted by Crippen LogP contribution is 2.37. The van der Waals surface area contributed by atoms with Gasteiger partial charge in [-0.3, -0.25) is 0 Å². The third kappa shape index (κ3) is 3.32. The largest absolute Gasteiger partial charge is 0.351 e. The number of nitriles is 1. The molecule has 0 bridgehead atoms. The van der Waals surface area contributed by atoms with Gasteiger partial charge in [-0.05, 0) is 29.9 Å². The lowest BCUT2D eigenvalue weighted by atomic mass is 9.84. The minimum Gasteiger partial charge on any atom is -0.351 e. The molecule has 0 aromatic heterocycles. The molecule has 0 amide bonds. The molecule has 1 atom stereocenters. The monoisotopic (exact) mass is 339 g/mol. The maximum absolute atomic E-state index is 9.59. The average Bonchev–Trinajstić information content (AvgIpc) is 2.36. The highest BCUT2D eigenvalue weighted by molar-refractivity contribution is 7.80. The number of hydrogen-bond donors (Lipinski definition) is 2. The van der Waals surface area contributed by atoms with Crippen LogP contribution < -0.4 is 10.6 Å². The number of nitrogens with one attached hydrogen (secondary N) is 2. The SMILES string of the molecule is CC(C)(C)C1=C(C#N)[C@@H](c2ccc(Cl)cc2Cl)NC(=S)N1. The zero-order valence-corrected chi connectivity index (χ0v) is 14.2. The number of thiocarbonyl (C=S) groups is 1. The number of hydrogen-bond acceptors (Lipinski definition) is 2. The molecule has 0 fully saturated rings. The van der Waals surface area contributed by atoms with Gasteiger partial charge in [0.25, 0.3) is 0 Å². The van der Waals surface area contributed by atoms with Crippen LogP contribution in [0.2, 0.25) is 10.0 Å². The predicted octanol–water partition coefficient (Wildman–Crippen LogP) is 4.34. The summed E-state index contributed by atoms with van der Waals surface area (Å²) in [5.41, 5.74) is 1.95. The van der Waals surface area contributed by atoms with Gasteiger partial charge in [0.2, 0.25) is 0 Å². The molecule has 0 saturated heterocycles. The number of allylic oxidation sites excluding steroid dienone is 1. The molecule has 1 aromatic rings. The van der Waals surface area contributed by atoms with Crippen molar-refractivity contribution in [2.24, 2.45) is 5.41 Å². The molecule has 1 aromatic carbocycles. The fourth-order valence-corrected chi connectivity index (χ4v) is 2.98. The van der Waals surface area contributed by atoms with Gasteiger partial charge in [0, 0.05) is 21.2 Å². The molecule has 0 saturated carbocycles. The van der Waals surface area contributed by atoms with E-state index in [1.807, 2.05) is 26.8 Å². The van der Waals surface area contributed by atoms with Crippen LogP contribution in [0.1, 0.15) is 32.4 Å². The van der Waals surface area contributed by atoms with Gasteiger partial charge in [-0.25, -0.2) is 0 Å². The Morgan fingerprint density at radius 2 is 1.95 bits per heavy atom. The van der Waals surface area contributed by atoms with Crippen LogP contribution in [0.15, 0.2) is 29.5 Å². The van der Waals surface area contributed by atoms with Gasteiger partial charge < -0.3 is 10.6 Å². The molecular formula is C15H15Cl2N3S. The van der Waals surface area contributed by atoms with Crippen molar-refractivity contribution in [3.05, 3.63) is 45.1 Å². The van der Waals surface area contributed by atoms with Crippen molar-refractivity contribution < 1.29 is 0 Å². The summed E-state index contributed by atoms with van der Waals surface area (Å²) in [6.45, 7) is 6.09. The molecule has 110 valence electrons. The van der Waals surface area contributed by atoms with Crippen LogP contribution >= 0.6 is 35.4 Å². The van der Waals surface area contributed by atoms with E-state index in [9.17, 15) is 5.26 Å². The van der Waals surface area contributed by atoms with E-state index in [1.165, 1.54) is 0 Å². The van der Waals surface area contributed by atoms with Gasteiger partial charge in [0.15, 0.2) is 5.11 Å². The van der Waals surface area contributed by atoms with Gasteiger partial charge in [0.1, 0.15) is 0 Å². The molecular weight excluding hydrogens is 325 g/mol. The molecule has 3 nitrogen and oxygen atoms in total. The van der Waals surface area contributed by atoms with Crippen LogP contribution in [-0.4, -0.2) is 5.11 Å². The molecule has 1 aliphatic rings. The van der Waals surface area contributed by atoms with Crippen molar-refractivity contribution in [2.75, 3.05) is 0 Å². The van der Waals surface area contributed by atoms with Crippen molar-refractivity contribution in [1.29, 1.82) is 5.26 Å². The van der Waals surface area contributed by atoms with E-state index >= 15 is 0 Å². The normalized spacial score (nSPS) is 18.9. The Labute approximate surface area is 139 Å². The first-order valence-corrected chi connectivity index (χ1v) is 7.57. The first-order chi connectivity index (χ1) is 9.74. The highest BCUT2D eigenvalue weighted by Gasteiger charge is 2.33. The molecule has 0 spiro atoms. The summed E-state index contributed by atoms with van der Waals surface area (Å²) in [6.07, 6.45) is 0. The van der Waals surface area contributed by atoms with Crippen molar-refractivity contribution in [1.82, 2.24) is 10.6 Å².